The summed E-state index contributed by atoms with van der Waals surface area (Å²) in [7, 11) is 0. The topological polar surface area (TPSA) is 118 Å². The number of hydrogen-bond acceptors (Lipinski definition) is 8. The highest BCUT2D eigenvalue weighted by molar-refractivity contribution is 6.22. The highest BCUT2D eigenvalue weighted by Gasteiger charge is 2.41. The van der Waals surface area contributed by atoms with Crippen molar-refractivity contribution >= 4 is 23.6 Å². The van der Waals surface area contributed by atoms with E-state index in [0.717, 1.165) is 40.2 Å². The predicted molar refractivity (Wildman–Crippen MR) is 203 cm³/mol. The number of alkyl carbamates (subject to hydrolysis) is 1. The number of aliphatic hydroxyl groups is 1. The molecule has 0 saturated carbocycles. The summed E-state index contributed by atoms with van der Waals surface area (Å²) in [6.45, 7) is 2.13. The number of anilines is 1. The van der Waals surface area contributed by atoms with E-state index in [0.29, 0.717) is 18.7 Å². The standard InChI is InChI=1S/C44H43N3O7/c48-29-33-16-18-35(19-17-33)40-24-38(28-46(26-31-10-4-1-5-11-31)27-32-12-6-2-7-13-32)53-43(54-40)36-20-22-37(23-21-36)47-41(49)25-39(42(47)50)45-44(51)52-30-34-14-8-3-9-15-34/h1-23,38-40,43,48H,24-30H2,(H,45,51). The minimum Gasteiger partial charge on any atom is -0.445 e. The van der Waals surface area contributed by atoms with Crippen LogP contribution in [-0.2, 0) is 50.1 Å². The third-order valence-corrected chi connectivity index (χ3v) is 9.65. The molecular formula is C44H43N3O7. The number of rotatable bonds is 13. The lowest BCUT2D eigenvalue weighted by molar-refractivity contribution is -0.253. The third-order valence-electron chi connectivity index (χ3n) is 9.65. The zero-order chi connectivity index (χ0) is 37.3. The van der Waals surface area contributed by atoms with Gasteiger partial charge in [0.25, 0.3) is 5.91 Å². The van der Waals surface area contributed by atoms with Crippen molar-refractivity contribution in [3.05, 3.63) is 173 Å². The van der Waals surface area contributed by atoms with Crippen LogP contribution < -0.4 is 10.2 Å². The van der Waals surface area contributed by atoms with Gasteiger partial charge in [-0.05, 0) is 39.9 Å². The summed E-state index contributed by atoms with van der Waals surface area (Å²) in [4.78, 5) is 42.3. The molecule has 2 fully saturated rings. The van der Waals surface area contributed by atoms with Gasteiger partial charge in [-0.3, -0.25) is 14.5 Å². The summed E-state index contributed by atoms with van der Waals surface area (Å²) < 4.78 is 18.5. The van der Waals surface area contributed by atoms with Gasteiger partial charge in [0.05, 0.1) is 30.9 Å². The maximum Gasteiger partial charge on any atom is 0.408 e. The van der Waals surface area contributed by atoms with Gasteiger partial charge in [0.1, 0.15) is 12.6 Å². The van der Waals surface area contributed by atoms with Crippen molar-refractivity contribution < 1.29 is 33.7 Å². The molecule has 0 bridgehead atoms. The Morgan fingerprint density at radius 2 is 1.30 bits per heavy atom. The number of aliphatic hydroxyl groups excluding tert-OH is 1. The van der Waals surface area contributed by atoms with Crippen LogP contribution in [0.4, 0.5) is 10.5 Å². The first-order valence-electron chi connectivity index (χ1n) is 18.2. The Kier molecular flexibility index (Phi) is 11.9. The van der Waals surface area contributed by atoms with Crippen LogP contribution in [0, 0.1) is 0 Å². The molecule has 3 amide bonds. The number of carbonyl (C=O) groups excluding carboxylic acids is 3. The number of ether oxygens (including phenoxy) is 3. The molecule has 5 aromatic rings. The fourth-order valence-electron chi connectivity index (χ4n) is 6.89. The molecule has 10 heteroatoms. The van der Waals surface area contributed by atoms with Gasteiger partial charge >= 0.3 is 6.09 Å². The molecular weight excluding hydrogens is 682 g/mol. The van der Waals surface area contributed by atoms with Crippen LogP contribution in [-0.4, -0.2) is 46.6 Å². The zero-order valence-corrected chi connectivity index (χ0v) is 29.8. The molecule has 4 atom stereocenters. The Morgan fingerprint density at radius 1 is 0.722 bits per heavy atom. The van der Waals surface area contributed by atoms with Gasteiger partial charge in [-0.1, -0.05) is 127 Å². The van der Waals surface area contributed by atoms with E-state index in [-0.39, 0.29) is 31.8 Å². The molecule has 2 aliphatic heterocycles. The van der Waals surface area contributed by atoms with Crippen LogP contribution in [0.5, 0.6) is 0 Å². The molecule has 2 heterocycles. The van der Waals surface area contributed by atoms with Crippen LogP contribution in [0.1, 0.15) is 58.6 Å². The minimum atomic E-state index is -1.03. The van der Waals surface area contributed by atoms with E-state index in [1.54, 1.807) is 24.3 Å². The lowest BCUT2D eigenvalue weighted by Crippen LogP contribution is -2.42. The summed E-state index contributed by atoms with van der Waals surface area (Å²) in [6.07, 6.45) is -1.53. The van der Waals surface area contributed by atoms with Crippen molar-refractivity contribution in [2.45, 2.75) is 63.7 Å². The molecule has 0 spiro atoms. The van der Waals surface area contributed by atoms with E-state index < -0.39 is 30.2 Å². The van der Waals surface area contributed by atoms with E-state index in [1.807, 2.05) is 91.0 Å². The van der Waals surface area contributed by atoms with Crippen molar-refractivity contribution in [1.82, 2.24) is 10.2 Å². The summed E-state index contributed by atoms with van der Waals surface area (Å²) in [6, 6.07) is 43.7. The summed E-state index contributed by atoms with van der Waals surface area (Å²) >= 11 is 0. The Labute approximate surface area is 314 Å². The van der Waals surface area contributed by atoms with Gasteiger partial charge in [-0.15, -0.1) is 0 Å². The first-order chi connectivity index (χ1) is 26.4. The molecule has 7 rings (SSSR count). The van der Waals surface area contributed by atoms with E-state index in [2.05, 4.69) is 34.5 Å². The molecule has 4 unspecified atom stereocenters. The minimum absolute atomic E-state index is 0.0440. The van der Waals surface area contributed by atoms with Gasteiger partial charge in [-0.25, -0.2) is 9.69 Å². The van der Waals surface area contributed by atoms with E-state index in [9.17, 15) is 19.5 Å². The molecule has 0 radical (unpaired) electrons. The fourth-order valence-corrected chi connectivity index (χ4v) is 6.89. The lowest BCUT2D eigenvalue weighted by Gasteiger charge is -2.38. The first kappa shape index (κ1) is 36.7. The quantitative estimate of drug-likeness (QED) is 0.125. The van der Waals surface area contributed by atoms with Crippen LogP contribution in [0.15, 0.2) is 140 Å². The molecule has 10 nitrogen and oxygen atoms in total. The van der Waals surface area contributed by atoms with Gasteiger partial charge in [-0.2, -0.15) is 0 Å². The average Bonchev–Trinajstić information content (AvgIpc) is 3.49. The number of amides is 3. The molecule has 0 aliphatic carbocycles. The number of hydrogen-bond donors (Lipinski definition) is 2. The summed E-state index contributed by atoms with van der Waals surface area (Å²) in [5.74, 6) is -0.951. The lowest BCUT2D eigenvalue weighted by atomic mass is 9.99. The smallest absolute Gasteiger partial charge is 0.408 e. The number of nitrogens with one attached hydrogen (secondary N) is 1. The maximum atomic E-state index is 13.3. The highest BCUT2D eigenvalue weighted by Crippen LogP contribution is 2.39. The largest absolute Gasteiger partial charge is 0.445 e. The van der Waals surface area contributed by atoms with Gasteiger partial charge in [0.2, 0.25) is 5.91 Å². The third kappa shape index (κ3) is 9.28. The number of carbonyl (C=O) groups is 3. The Balaban J connectivity index is 1.06. The monoisotopic (exact) mass is 725 g/mol. The molecule has 0 aromatic heterocycles. The molecule has 2 N–H and O–H groups in total. The summed E-state index contributed by atoms with van der Waals surface area (Å²) in [5, 5.41) is 12.2. The first-order valence-corrected chi connectivity index (χ1v) is 18.2. The SMILES string of the molecule is O=C(NC1CC(=O)N(c2ccc(C3OC(CN(Cc4ccccc4)Cc4ccccc4)CC(c4ccc(CO)cc4)O3)cc2)C1=O)OCc1ccccc1. The second-order valence-electron chi connectivity index (χ2n) is 13.6. The maximum absolute atomic E-state index is 13.3. The number of imide groups is 1. The Morgan fingerprint density at radius 3 is 1.89 bits per heavy atom. The van der Waals surface area contributed by atoms with Crippen molar-refractivity contribution in [1.29, 1.82) is 0 Å². The molecule has 5 aromatic carbocycles. The normalized spacial score (nSPS) is 19.9. The molecule has 2 aliphatic rings. The molecule has 54 heavy (non-hydrogen) atoms. The van der Waals surface area contributed by atoms with Crippen LogP contribution >= 0.6 is 0 Å². The Hall–Kier alpha value is -5.65. The second-order valence-corrected chi connectivity index (χ2v) is 13.6. The summed E-state index contributed by atoms with van der Waals surface area (Å²) in [5.41, 5.74) is 6.14. The van der Waals surface area contributed by atoms with Crippen molar-refractivity contribution in [3.63, 3.8) is 0 Å². The van der Waals surface area contributed by atoms with Crippen molar-refractivity contribution in [2.24, 2.45) is 0 Å². The fraction of sp³-hybridized carbons (Fsp3) is 0.250. The van der Waals surface area contributed by atoms with E-state index in [4.69, 9.17) is 14.2 Å². The second kappa shape index (κ2) is 17.5. The zero-order valence-electron chi connectivity index (χ0n) is 29.8. The average molecular weight is 726 g/mol. The van der Waals surface area contributed by atoms with Crippen molar-refractivity contribution in [3.8, 4) is 0 Å². The highest BCUT2D eigenvalue weighted by atomic mass is 16.7. The van der Waals surface area contributed by atoms with Crippen LogP contribution in [0.3, 0.4) is 0 Å². The Bertz CT molecular complexity index is 1950. The van der Waals surface area contributed by atoms with Gasteiger partial charge in [0, 0.05) is 31.6 Å². The van der Waals surface area contributed by atoms with Crippen molar-refractivity contribution in [2.75, 3.05) is 11.4 Å². The number of nitrogens with zero attached hydrogens (tertiary/aromatic N) is 2. The molecule has 276 valence electrons. The molecule has 2 saturated heterocycles. The number of benzene rings is 5. The van der Waals surface area contributed by atoms with Crippen LogP contribution in [0.2, 0.25) is 0 Å². The van der Waals surface area contributed by atoms with E-state index >= 15 is 0 Å². The van der Waals surface area contributed by atoms with Gasteiger partial charge in [0.15, 0.2) is 6.29 Å². The van der Waals surface area contributed by atoms with Gasteiger partial charge < -0.3 is 24.6 Å². The van der Waals surface area contributed by atoms with E-state index in [1.165, 1.54) is 11.1 Å². The van der Waals surface area contributed by atoms with Crippen LogP contribution in [0.25, 0.3) is 0 Å². The predicted octanol–water partition coefficient (Wildman–Crippen LogP) is 6.99.